The summed E-state index contributed by atoms with van der Waals surface area (Å²) in [5.74, 6) is 0.731. The summed E-state index contributed by atoms with van der Waals surface area (Å²) in [5.41, 5.74) is 2.28. The van der Waals surface area contributed by atoms with Crippen LogP contribution in [0.5, 0.6) is 0 Å². The highest BCUT2D eigenvalue weighted by Crippen LogP contribution is 2.22. The summed E-state index contributed by atoms with van der Waals surface area (Å²) in [5, 5.41) is 7.90. The van der Waals surface area contributed by atoms with Gasteiger partial charge in [-0.3, -0.25) is 0 Å². The van der Waals surface area contributed by atoms with Gasteiger partial charge in [-0.1, -0.05) is 0 Å². The van der Waals surface area contributed by atoms with Crippen molar-refractivity contribution in [2.45, 2.75) is 25.8 Å². The van der Waals surface area contributed by atoms with Crippen LogP contribution in [0.1, 0.15) is 19.8 Å². The number of aromatic nitrogens is 2. The molecule has 2 aromatic rings. The first-order chi connectivity index (χ1) is 10.2. The highest BCUT2D eigenvalue weighted by Gasteiger charge is 2.22. The molecule has 1 fully saturated rings. The zero-order chi connectivity index (χ0) is 14.7. The summed E-state index contributed by atoms with van der Waals surface area (Å²) in [6.07, 6.45) is 6.39. The van der Waals surface area contributed by atoms with E-state index in [4.69, 9.17) is 0 Å². The number of likely N-dealkylation sites (tertiary alicyclic amines) is 1. The molecular formula is C17H24N4. The summed E-state index contributed by atoms with van der Waals surface area (Å²) in [7, 11) is 2.22. The molecule has 1 N–H and O–H groups in total. The van der Waals surface area contributed by atoms with Crippen LogP contribution in [0.15, 0.2) is 42.7 Å². The maximum Gasteiger partial charge on any atom is 0.0647 e. The minimum absolute atomic E-state index is 0.503. The van der Waals surface area contributed by atoms with Crippen LogP contribution >= 0.6 is 0 Å². The summed E-state index contributed by atoms with van der Waals surface area (Å²) in [6, 6.07) is 10.9. The molecule has 4 nitrogen and oxygen atoms in total. The van der Waals surface area contributed by atoms with Crippen molar-refractivity contribution in [2.75, 3.05) is 25.5 Å². The van der Waals surface area contributed by atoms with Gasteiger partial charge in [-0.25, -0.2) is 4.68 Å². The predicted octanol–water partition coefficient (Wildman–Crippen LogP) is 3.01. The Morgan fingerprint density at radius 3 is 2.76 bits per heavy atom. The third-order valence-electron chi connectivity index (χ3n) is 4.40. The van der Waals surface area contributed by atoms with Crippen molar-refractivity contribution in [1.29, 1.82) is 0 Å². The maximum absolute atomic E-state index is 4.25. The second-order valence-corrected chi connectivity index (χ2v) is 6.10. The van der Waals surface area contributed by atoms with Crippen LogP contribution in [-0.4, -0.2) is 40.9 Å². The Labute approximate surface area is 126 Å². The Balaban J connectivity index is 1.62. The van der Waals surface area contributed by atoms with Crippen LogP contribution in [0.3, 0.4) is 0 Å². The molecule has 0 aliphatic carbocycles. The molecule has 2 atom stereocenters. The fraction of sp³-hybridized carbons (Fsp3) is 0.471. The standard InChI is InChI=1S/C17H24N4/c1-14(15-5-3-11-20(2)13-15)19-16-6-8-17(9-7-16)21-12-4-10-18-21/h4,6-10,12,14-15,19H,3,5,11,13H2,1-2H3. The molecule has 21 heavy (non-hydrogen) atoms. The highest BCUT2D eigenvalue weighted by atomic mass is 15.3. The van der Waals surface area contributed by atoms with Gasteiger partial charge in [-0.05, 0) is 69.6 Å². The van der Waals surface area contributed by atoms with Crippen molar-refractivity contribution in [1.82, 2.24) is 14.7 Å². The maximum atomic E-state index is 4.25. The molecule has 1 aliphatic rings. The molecule has 1 saturated heterocycles. The van der Waals surface area contributed by atoms with Crippen molar-refractivity contribution in [3.63, 3.8) is 0 Å². The normalized spacial score (nSPS) is 21.1. The van der Waals surface area contributed by atoms with E-state index in [1.807, 2.05) is 16.9 Å². The largest absolute Gasteiger partial charge is 0.382 e. The number of hydrogen-bond donors (Lipinski definition) is 1. The van der Waals surface area contributed by atoms with E-state index in [-0.39, 0.29) is 0 Å². The van der Waals surface area contributed by atoms with E-state index in [1.54, 1.807) is 6.20 Å². The smallest absolute Gasteiger partial charge is 0.0647 e. The number of nitrogens with zero attached hydrogens (tertiary/aromatic N) is 3. The van der Waals surface area contributed by atoms with Gasteiger partial charge in [0.05, 0.1) is 5.69 Å². The van der Waals surface area contributed by atoms with Crippen molar-refractivity contribution in [2.24, 2.45) is 5.92 Å². The van der Waals surface area contributed by atoms with E-state index in [9.17, 15) is 0 Å². The minimum Gasteiger partial charge on any atom is -0.382 e. The number of anilines is 1. The van der Waals surface area contributed by atoms with Gasteiger partial charge in [0, 0.05) is 30.7 Å². The lowest BCUT2D eigenvalue weighted by Crippen LogP contribution is -2.39. The zero-order valence-corrected chi connectivity index (χ0v) is 12.9. The lowest BCUT2D eigenvalue weighted by atomic mass is 9.92. The molecule has 1 aromatic heterocycles. The average Bonchev–Trinajstić information content (AvgIpc) is 3.02. The summed E-state index contributed by atoms with van der Waals surface area (Å²) in [6.45, 7) is 4.73. The van der Waals surface area contributed by atoms with Crippen molar-refractivity contribution < 1.29 is 0 Å². The van der Waals surface area contributed by atoms with Crippen LogP contribution < -0.4 is 5.32 Å². The van der Waals surface area contributed by atoms with E-state index in [0.717, 1.165) is 11.6 Å². The van der Waals surface area contributed by atoms with E-state index in [1.165, 1.54) is 31.6 Å². The topological polar surface area (TPSA) is 33.1 Å². The first-order valence-electron chi connectivity index (χ1n) is 7.77. The van der Waals surface area contributed by atoms with Gasteiger partial charge in [-0.2, -0.15) is 5.10 Å². The SMILES string of the molecule is CC(Nc1ccc(-n2cccn2)cc1)C1CCCN(C)C1. The van der Waals surface area contributed by atoms with Gasteiger partial charge in [0.1, 0.15) is 0 Å². The minimum atomic E-state index is 0.503. The van der Waals surface area contributed by atoms with Gasteiger partial charge in [0.25, 0.3) is 0 Å². The van der Waals surface area contributed by atoms with Crippen LogP contribution in [0.4, 0.5) is 5.69 Å². The number of rotatable bonds is 4. The molecule has 0 saturated carbocycles. The van der Waals surface area contributed by atoms with Crippen molar-refractivity contribution in [3.8, 4) is 5.69 Å². The third kappa shape index (κ3) is 3.45. The summed E-state index contributed by atoms with van der Waals surface area (Å²) in [4.78, 5) is 2.44. The zero-order valence-electron chi connectivity index (χ0n) is 12.9. The number of hydrogen-bond acceptors (Lipinski definition) is 3. The Morgan fingerprint density at radius 2 is 2.10 bits per heavy atom. The van der Waals surface area contributed by atoms with Crippen LogP contribution in [0.25, 0.3) is 5.69 Å². The molecular weight excluding hydrogens is 260 g/mol. The Bertz CT molecular complexity index is 547. The van der Waals surface area contributed by atoms with Gasteiger partial charge in [0.2, 0.25) is 0 Å². The fourth-order valence-corrected chi connectivity index (χ4v) is 3.13. The Morgan fingerprint density at radius 1 is 1.29 bits per heavy atom. The molecule has 0 amide bonds. The number of nitrogens with one attached hydrogen (secondary N) is 1. The van der Waals surface area contributed by atoms with Gasteiger partial charge in [-0.15, -0.1) is 0 Å². The van der Waals surface area contributed by atoms with Crippen molar-refractivity contribution in [3.05, 3.63) is 42.7 Å². The molecule has 112 valence electrons. The molecule has 2 unspecified atom stereocenters. The van der Waals surface area contributed by atoms with E-state index < -0.39 is 0 Å². The predicted molar refractivity (Wildman–Crippen MR) is 86.9 cm³/mol. The van der Waals surface area contributed by atoms with Gasteiger partial charge >= 0.3 is 0 Å². The third-order valence-corrected chi connectivity index (χ3v) is 4.40. The first-order valence-corrected chi connectivity index (χ1v) is 7.77. The summed E-state index contributed by atoms with van der Waals surface area (Å²) >= 11 is 0. The fourth-order valence-electron chi connectivity index (χ4n) is 3.13. The molecule has 3 rings (SSSR count). The van der Waals surface area contributed by atoms with E-state index >= 15 is 0 Å². The van der Waals surface area contributed by atoms with Crippen LogP contribution in [-0.2, 0) is 0 Å². The molecule has 4 heteroatoms. The number of benzene rings is 1. The lowest BCUT2D eigenvalue weighted by Gasteiger charge is -2.34. The Hall–Kier alpha value is -1.81. The molecule has 2 heterocycles. The lowest BCUT2D eigenvalue weighted by molar-refractivity contribution is 0.197. The molecule has 1 aromatic carbocycles. The summed E-state index contributed by atoms with van der Waals surface area (Å²) < 4.78 is 1.88. The molecule has 0 bridgehead atoms. The van der Waals surface area contributed by atoms with Gasteiger partial charge in [0.15, 0.2) is 0 Å². The monoisotopic (exact) mass is 284 g/mol. The van der Waals surface area contributed by atoms with E-state index in [2.05, 4.69) is 53.6 Å². The molecule has 0 spiro atoms. The second kappa shape index (κ2) is 6.31. The van der Waals surface area contributed by atoms with E-state index in [0.29, 0.717) is 6.04 Å². The second-order valence-electron chi connectivity index (χ2n) is 6.10. The van der Waals surface area contributed by atoms with Crippen molar-refractivity contribution >= 4 is 5.69 Å². The number of piperidine rings is 1. The Kier molecular flexibility index (Phi) is 4.25. The van der Waals surface area contributed by atoms with Gasteiger partial charge < -0.3 is 10.2 Å². The quantitative estimate of drug-likeness (QED) is 0.937. The molecule has 1 aliphatic heterocycles. The average molecular weight is 284 g/mol. The highest BCUT2D eigenvalue weighted by molar-refractivity contribution is 5.49. The van der Waals surface area contributed by atoms with Crippen LogP contribution in [0.2, 0.25) is 0 Å². The first kappa shape index (κ1) is 14.1. The van der Waals surface area contributed by atoms with Crippen LogP contribution in [0, 0.1) is 5.92 Å². The molecule has 0 radical (unpaired) electrons.